The number of aryl methyl sites for hydroxylation is 1. The maximum atomic E-state index is 5.92. The van der Waals surface area contributed by atoms with E-state index in [9.17, 15) is 0 Å². The number of nitrogens with two attached hydrogens (primary N) is 1. The van der Waals surface area contributed by atoms with Gasteiger partial charge in [0.2, 0.25) is 0 Å². The second kappa shape index (κ2) is 7.29. The van der Waals surface area contributed by atoms with E-state index >= 15 is 0 Å². The number of hydrazine groups is 1. The van der Waals surface area contributed by atoms with Crippen LogP contribution in [0.25, 0.3) is 0 Å². The summed E-state index contributed by atoms with van der Waals surface area (Å²) in [6, 6.07) is 15.8. The monoisotopic (exact) mass is 290 g/mol. The summed E-state index contributed by atoms with van der Waals surface area (Å²) in [6.45, 7) is 2.57. The van der Waals surface area contributed by atoms with Crippen molar-refractivity contribution in [3.05, 3.63) is 64.7 Å². The van der Waals surface area contributed by atoms with Gasteiger partial charge in [-0.3, -0.25) is 11.3 Å². The maximum Gasteiger partial charge on any atom is 0.120 e. The summed E-state index contributed by atoms with van der Waals surface area (Å²) in [7, 11) is 0. The van der Waals surface area contributed by atoms with Crippen molar-refractivity contribution >= 4 is 11.6 Å². The second-order valence-corrected chi connectivity index (χ2v) is 5.26. The van der Waals surface area contributed by atoms with Crippen LogP contribution in [0.1, 0.15) is 11.1 Å². The molecule has 0 aliphatic carbocycles. The molecule has 3 nitrogen and oxygen atoms in total. The third-order valence-electron chi connectivity index (χ3n) is 3.05. The number of ether oxygens (including phenoxy) is 1. The third kappa shape index (κ3) is 4.53. The van der Waals surface area contributed by atoms with Gasteiger partial charge in [0, 0.05) is 5.02 Å². The molecule has 3 N–H and O–H groups in total. The van der Waals surface area contributed by atoms with Crippen molar-refractivity contribution in [1.82, 2.24) is 5.43 Å². The fraction of sp³-hybridized carbons (Fsp3) is 0.250. The maximum absolute atomic E-state index is 5.92. The minimum Gasteiger partial charge on any atom is -0.492 e. The highest BCUT2D eigenvalue weighted by molar-refractivity contribution is 6.30. The predicted molar refractivity (Wildman–Crippen MR) is 82.9 cm³/mol. The summed E-state index contributed by atoms with van der Waals surface area (Å²) >= 11 is 5.92. The second-order valence-electron chi connectivity index (χ2n) is 4.83. The molecule has 2 rings (SSSR count). The van der Waals surface area contributed by atoms with Crippen molar-refractivity contribution in [3.8, 4) is 5.75 Å². The van der Waals surface area contributed by atoms with E-state index in [0.29, 0.717) is 11.6 Å². The number of halogens is 1. The smallest absolute Gasteiger partial charge is 0.120 e. The molecule has 4 heteroatoms. The first kappa shape index (κ1) is 14.9. The van der Waals surface area contributed by atoms with Crippen LogP contribution in [-0.2, 0) is 6.42 Å². The lowest BCUT2D eigenvalue weighted by Crippen LogP contribution is -2.41. The molecule has 0 spiro atoms. The van der Waals surface area contributed by atoms with Gasteiger partial charge >= 0.3 is 0 Å². The minimum atomic E-state index is 0.0516. The normalized spacial score (nSPS) is 12.2. The van der Waals surface area contributed by atoms with Crippen LogP contribution in [0, 0.1) is 6.92 Å². The molecule has 2 aromatic rings. The Balaban J connectivity index is 1.92. The number of hydrogen-bond donors (Lipinski definition) is 2. The van der Waals surface area contributed by atoms with Crippen molar-refractivity contribution in [1.29, 1.82) is 0 Å². The summed E-state index contributed by atoms with van der Waals surface area (Å²) in [6.07, 6.45) is 0.818. The number of benzene rings is 2. The van der Waals surface area contributed by atoms with E-state index in [1.54, 1.807) is 6.07 Å². The standard InChI is InChI=1S/C16H19ClN2O/c1-12-4-2-5-13(8-12)9-15(19-18)11-20-16-7-3-6-14(17)10-16/h2-8,10,15,19H,9,11,18H2,1H3. The zero-order chi connectivity index (χ0) is 14.4. The largest absolute Gasteiger partial charge is 0.492 e. The summed E-state index contributed by atoms with van der Waals surface area (Å²) in [5.41, 5.74) is 5.28. The Morgan fingerprint density at radius 3 is 2.70 bits per heavy atom. The number of hydrogen-bond acceptors (Lipinski definition) is 3. The van der Waals surface area contributed by atoms with Gasteiger partial charge in [-0.25, -0.2) is 0 Å². The van der Waals surface area contributed by atoms with E-state index in [0.717, 1.165) is 12.2 Å². The average molecular weight is 291 g/mol. The Kier molecular flexibility index (Phi) is 5.41. The third-order valence-corrected chi connectivity index (χ3v) is 3.28. The molecule has 0 radical (unpaired) electrons. The topological polar surface area (TPSA) is 47.3 Å². The highest BCUT2D eigenvalue weighted by Gasteiger charge is 2.09. The van der Waals surface area contributed by atoms with Gasteiger partial charge in [-0.2, -0.15) is 0 Å². The lowest BCUT2D eigenvalue weighted by atomic mass is 10.0. The fourth-order valence-electron chi connectivity index (χ4n) is 2.04. The minimum absolute atomic E-state index is 0.0516. The molecular formula is C16H19ClN2O. The Labute approximate surface area is 124 Å². The molecule has 2 aromatic carbocycles. The fourth-order valence-corrected chi connectivity index (χ4v) is 2.22. The van der Waals surface area contributed by atoms with Gasteiger partial charge in [-0.1, -0.05) is 47.5 Å². The van der Waals surface area contributed by atoms with E-state index in [1.807, 2.05) is 18.2 Å². The molecule has 106 valence electrons. The molecule has 0 aliphatic heterocycles. The van der Waals surface area contributed by atoms with Crippen LogP contribution in [0.5, 0.6) is 5.75 Å². The zero-order valence-corrected chi connectivity index (χ0v) is 12.2. The summed E-state index contributed by atoms with van der Waals surface area (Å²) in [5, 5.41) is 0.665. The van der Waals surface area contributed by atoms with E-state index in [-0.39, 0.29) is 6.04 Å². The van der Waals surface area contributed by atoms with Gasteiger partial charge in [0.05, 0.1) is 6.04 Å². The Morgan fingerprint density at radius 2 is 2.00 bits per heavy atom. The van der Waals surface area contributed by atoms with Gasteiger partial charge < -0.3 is 4.74 Å². The molecule has 0 aromatic heterocycles. The van der Waals surface area contributed by atoms with Crippen LogP contribution in [-0.4, -0.2) is 12.6 Å². The molecule has 20 heavy (non-hydrogen) atoms. The molecule has 0 saturated carbocycles. The predicted octanol–water partition coefficient (Wildman–Crippen LogP) is 3.10. The highest BCUT2D eigenvalue weighted by atomic mass is 35.5. The van der Waals surface area contributed by atoms with E-state index in [1.165, 1.54) is 11.1 Å². The van der Waals surface area contributed by atoms with Crippen LogP contribution >= 0.6 is 11.6 Å². The van der Waals surface area contributed by atoms with E-state index < -0.39 is 0 Å². The zero-order valence-electron chi connectivity index (χ0n) is 11.5. The molecule has 0 saturated heterocycles. The Bertz CT molecular complexity index is 560. The Hall–Kier alpha value is -1.55. The molecular weight excluding hydrogens is 272 g/mol. The van der Waals surface area contributed by atoms with Crippen LogP contribution in [0.2, 0.25) is 5.02 Å². The molecule has 1 unspecified atom stereocenters. The van der Waals surface area contributed by atoms with Crippen LogP contribution in [0.4, 0.5) is 0 Å². The van der Waals surface area contributed by atoms with Gasteiger partial charge in [0.25, 0.3) is 0 Å². The first-order chi connectivity index (χ1) is 9.67. The molecule has 0 aliphatic rings. The quantitative estimate of drug-likeness (QED) is 0.635. The van der Waals surface area contributed by atoms with Crippen molar-refractivity contribution < 1.29 is 4.74 Å². The summed E-state index contributed by atoms with van der Waals surface area (Å²) in [5.74, 6) is 6.35. The van der Waals surface area contributed by atoms with Crippen LogP contribution in [0.15, 0.2) is 48.5 Å². The van der Waals surface area contributed by atoms with Crippen molar-refractivity contribution in [2.75, 3.05) is 6.61 Å². The van der Waals surface area contributed by atoms with Gasteiger partial charge in [0.15, 0.2) is 0 Å². The summed E-state index contributed by atoms with van der Waals surface area (Å²) < 4.78 is 5.72. The lowest BCUT2D eigenvalue weighted by molar-refractivity contribution is 0.264. The van der Waals surface area contributed by atoms with Gasteiger partial charge in [-0.15, -0.1) is 0 Å². The lowest BCUT2D eigenvalue weighted by Gasteiger charge is -2.17. The number of nitrogens with one attached hydrogen (secondary N) is 1. The van der Waals surface area contributed by atoms with Crippen molar-refractivity contribution in [2.24, 2.45) is 5.84 Å². The molecule has 0 amide bonds. The van der Waals surface area contributed by atoms with Gasteiger partial charge in [0.1, 0.15) is 12.4 Å². The SMILES string of the molecule is Cc1cccc(CC(COc2cccc(Cl)c2)NN)c1. The van der Waals surface area contributed by atoms with Gasteiger partial charge in [-0.05, 0) is 37.1 Å². The van der Waals surface area contributed by atoms with E-state index in [2.05, 4.69) is 36.6 Å². The Morgan fingerprint density at radius 1 is 1.20 bits per heavy atom. The van der Waals surface area contributed by atoms with Crippen molar-refractivity contribution in [3.63, 3.8) is 0 Å². The highest BCUT2D eigenvalue weighted by Crippen LogP contribution is 2.17. The van der Waals surface area contributed by atoms with E-state index in [4.69, 9.17) is 22.2 Å². The summed E-state index contributed by atoms with van der Waals surface area (Å²) in [4.78, 5) is 0. The molecule has 0 heterocycles. The van der Waals surface area contributed by atoms with Crippen LogP contribution in [0.3, 0.4) is 0 Å². The first-order valence-corrected chi connectivity index (χ1v) is 6.95. The molecule has 0 bridgehead atoms. The van der Waals surface area contributed by atoms with Crippen LogP contribution < -0.4 is 16.0 Å². The molecule has 0 fully saturated rings. The number of rotatable bonds is 6. The molecule has 1 atom stereocenters. The average Bonchev–Trinajstić information content (AvgIpc) is 2.43. The first-order valence-electron chi connectivity index (χ1n) is 6.57. The van der Waals surface area contributed by atoms with Crippen molar-refractivity contribution in [2.45, 2.75) is 19.4 Å².